The molecular formula is C15H20N2OW. The van der Waals surface area contributed by atoms with Gasteiger partial charge in [0.05, 0.1) is 0 Å². The van der Waals surface area contributed by atoms with Gasteiger partial charge >= 0.3 is 125 Å². The quantitative estimate of drug-likeness (QED) is 0.676. The third-order valence-corrected chi connectivity index (χ3v) is 3.75. The number of aromatic nitrogens is 2. The van der Waals surface area contributed by atoms with Crippen LogP contribution in [0, 0.1) is 19.8 Å². The van der Waals surface area contributed by atoms with Gasteiger partial charge in [-0.15, -0.1) is 0 Å². The van der Waals surface area contributed by atoms with Gasteiger partial charge in [-0.1, -0.05) is 0 Å². The molecule has 1 aromatic heterocycles. The molecule has 0 aliphatic heterocycles. The maximum absolute atomic E-state index is 12.5. The van der Waals surface area contributed by atoms with Gasteiger partial charge in [0.2, 0.25) is 0 Å². The fourth-order valence-electron chi connectivity index (χ4n) is 1.82. The first-order valence-corrected chi connectivity index (χ1v) is 7.99. The van der Waals surface area contributed by atoms with Crippen LogP contribution in [0.15, 0.2) is 23.5 Å². The Morgan fingerprint density at radius 2 is 2.11 bits per heavy atom. The topological polar surface area (TPSA) is 34.9 Å². The molecule has 0 aliphatic carbocycles. The van der Waals surface area contributed by atoms with Gasteiger partial charge in [-0.2, -0.15) is 0 Å². The Kier molecular flexibility index (Phi) is 5.80. The molecule has 0 aromatic carbocycles. The number of nitrogens with zero attached hydrogens (tertiary/aromatic N) is 2. The van der Waals surface area contributed by atoms with E-state index in [1.165, 1.54) is 19.4 Å². The Bertz CT molecular complexity index is 583. The number of rotatable bonds is 5. The molecule has 1 heterocycles. The van der Waals surface area contributed by atoms with Crippen molar-refractivity contribution in [3.05, 3.63) is 46.2 Å². The number of hydrogen-bond donors (Lipinski definition) is 0. The fourth-order valence-corrected chi connectivity index (χ4v) is 2.48. The van der Waals surface area contributed by atoms with Crippen molar-refractivity contribution in [2.45, 2.75) is 34.1 Å². The van der Waals surface area contributed by atoms with Crippen molar-refractivity contribution in [2.24, 2.45) is 5.92 Å². The van der Waals surface area contributed by atoms with Crippen LogP contribution >= 0.6 is 0 Å². The molecule has 1 rings (SSSR count). The molecule has 0 saturated carbocycles. The summed E-state index contributed by atoms with van der Waals surface area (Å²) in [6.07, 6.45) is 4.35. The van der Waals surface area contributed by atoms with E-state index in [2.05, 4.69) is 25.4 Å². The predicted octanol–water partition coefficient (Wildman–Crippen LogP) is 2.43. The molecule has 0 spiro atoms. The molecule has 0 N–H and O–H groups in total. The van der Waals surface area contributed by atoms with E-state index in [1.807, 2.05) is 24.3 Å². The van der Waals surface area contributed by atoms with Crippen LogP contribution in [0.25, 0.3) is 5.70 Å². The summed E-state index contributed by atoms with van der Waals surface area (Å²) in [5.41, 5.74) is 2.41. The number of hydrogen-bond acceptors (Lipinski definition) is 2. The molecular weight excluding hydrogens is 408 g/mol. The van der Waals surface area contributed by atoms with E-state index in [9.17, 15) is 4.79 Å². The Morgan fingerprint density at radius 1 is 1.47 bits per heavy atom. The van der Waals surface area contributed by atoms with Gasteiger partial charge < -0.3 is 0 Å². The Hall–Kier alpha value is -1.08. The van der Waals surface area contributed by atoms with Crippen molar-refractivity contribution in [1.82, 2.24) is 9.55 Å². The number of aryl methyl sites for hydroxylation is 1. The molecule has 19 heavy (non-hydrogen) atoms. The Labute approximate surface area is 125 Å². The third-order valence-electron chi connectivity index (χ3n) is 2.88. The molecule has 0 saturated heterocycles. The third kappa shape index (κ3) is 3.70. The van der Waals surface area contributed by atoms with Crippen molar-refractivity contribution >= 4 is 10.1 Å². The average molecular weight is 428 g/mol. The fraction of sp³-hybridized carbons (Fsp3) is 0.400. The van der Waals surface area contributed by atoms with Crippen molar-refractivity contribution in [3.8, 4) is 0 Å². The summed E-state index contributed by atoms with van der Waals surface area (Å²) >= 11 is 1.30. The molecule has 0 atom stereocenters. The summed E-state index contributed by atoms with van der Waals surface area (Å²) in [5.74, 6) is 1.28. The summed E-state index contributed by atoms with van der Waals surface area (Å²) < 4.78 is 3.71. The van der Waals surface area contributed by atoms with Gasteiger partial charge in [-0.25, -0.2) is 0 Å². The minimum atomic E-state index is 0.0220. The SMILES string of the molecule is C=C/C=C(\[CH]=[W])n1c(CC(C)C)nc(C)c(C)c1=O. The summed E-state index contributed by atoms with van der Waals surface area (Å²) in [5, 5.41) is 0. The zero-order chi connectivity index (χ0) is 14.6. The van der Waals surface area contributed by atoms with E-state index >= 15 is 0 Å². The second kappa shape index (κ2) is 6.90. The first-order valence-electron chi connectivity index (χ1n) is 6.29. The van der Waals surface area contributed by atoms with E-state index < -0.39 is 0 Å². The van der Waals surface area contributed by atoms with E-state index in [4.69, 9.17) is 0 Å². The first kappa shape index (κ1) is 16.0. The van der Waals surface area contributed by atoms with E-state index in [0.29, 0.717) is 11.5 Å². The van der Waals surface area contributed by atoms with Crippen LogP contribution in [0.3, 0.4) is 0 Å². The van der Waals surface area contributed by atoms with Gasteiger partial charge in [0, 0.05) is 0 Å². The molecule has 3 nitrogen and oxygen atoms in total. The van der Waals surface area contributed by atoms with Gasteiger partial charge in [-0.05, 0) is 0 Å². The zero-order valence-electron chi connectivity index (χ0n) is 11.9. The summed E-state index contributed by atoms with van der Waals surface area (Å²) in [6.45, 7) is 11.7. The van der Waals surface area contributed by atoms with E-state index in [1.54, 1.807) is 10.6 Å². The van der Waals surface area contributed by atoms with Gasteiger partial charge in [-0.3, -0.25) is 0 Å². The Balaban J connectivity index is 3.62. The standard InChI is InChI=1S/C15H20N2O.W/c1-7-8-11(4)17-14(9-10(2)3)16-13(6)12(5)15(17)18;/h4,7-8,10H,1,9H2,2-3,5-6H3;/b11-8+;. The molecule has 0 radical (unpaired) electrons. The molecule has 4 heteroatoms. The van der Waals surface area contributed by atoms with Crippen LogP contribution in [0.1, 0.15) is 30.9 Å². The molecule has 1 aromatic rings. The monoisotopic (exact) mass is 428 g/mol. The van der Waals surface area contributed by atoms with Crippen LogP contribution in [0.2, 0.25) is 0 Å². The predicted molar refractivity (Wildman–Crippen MR) is 77.0 cm³/mol. The molecule has 0 unspecified atom stereocenters. The minimum absolute atomic E-state index is 0.0220. The van der Waals surface area contributed by atoms with Gasteiger partial charge in [0.25, 0.3) is 0 Å². The van der Waals surface area contributed by atoms with Crippen molar-refractivity contribution in [2.75, 3.05) is 0 Å². The summed E-state index contributed by atoms with van der Waals surface area (Å²) in [7, 11) is 0. The Morgan fingerprint density at radius 3 is 2.58 bits per heavy atom. The second-order valence-corrected chi connectivity index (χ2v) is 5.77. The van der Waals surface area contributed by atoms with Crippen LogP contribution in [0.4, 0.5) is 0 Å². The zero-order valence-corrected chi connectivity index (χ0v) is 14.9. The molecule has 0 fully saturated rings. The normalized spacial score (nSPS) is 11.7. The average Bonchev–Trinajstić information content (AvgIpc) is 2.34. The molecule has 0 amide bonds. The molecule has 0 bridgehead atoms. The number of allylic oxidation sites excluding steroid dienone is 3. The van der Waals surface area contributed by atoms with Gasteiger partial charge in [0.15, 0.2) is 0 Å². The van der Waals surface area contributed by atoms with Gasteiger partial charge in [0.1, 0.15) is 0 Å². The second-order valence-electron chi connectivity index (χ2n) is 4.92. The van der Waals surface area contributed by atoms with Crippen LogP contribution < -0.4 is 5.56 Å². The van der Waals surface area contributed by atoms with Crippen molar-refractivity contribution in [1.29, 1.82) is 0 Å². The summed E-state index contributed by atoms with van der Waals surface area (Å²) in [6, 6.07) is 0. The molecule has 102 valence electrons. The summed E-state index contributed by atoms with van der Waals surface area (Å²) in [4.78, 5) is 17.1. The van der Waals surface area contributed by atoms with Crippen molar-refractivity contribution in [3.63, 3.8) is 0 Å². The van der Waals surface area contributed by atoms with E-state index in [-0.39, 0.29) is 5.56 Å². The molecule has 0 aliphatic rings. The maximum atomic E-state index is 12.5. The first-order chi connectivity index (χ1) is 8.92. The van der Waals surface area contributed by atoms with Crippen LogP contribution in [-0.4, -0.2) is 14.0 Å². The van der Waals surface area contributed by atoms with Crippen LogP contribution in [0.5, 0.6) is 0 Å². The van der Waals surface area contributed by atoms with Crippen LogP contribution in [-0.2, 0) is 25.8 Å². The van der Waals surface area contributed by atoms with Crippen molar-refractivity contribution < 1.29 is 19.4 Å². The van der Waals surface area contributed by atoms with E-state index in [0.717, 1.165) is 23.6 Å².